The van der Waals surface area contributed by atoms with Crippen molar-refractivity contribution >= 4 is 17.7 Å². The zero-order valence-corrected chi connectivity index (χ0v) is 16.3. The van der Waals surface area contributed by atoms with E-state index in [0.29, 0.717) is 5.75 Å². The predicted molar refractivity (Wildman–Crippen MR) is 102 cm³/mol. The van der Waals surface area contributed by atoms with Crippen LogP contribution in [0.3, 0.4) is 0 Å². The van der Waals surface area contributed by atoms with Crippen molar-refractivity contribution in [1.29, 1.82) is 0 Å². The van der Waals surface area contributed by atoms with Crippen molar-refractivity contribution < 1.29 is 9.53 Å². The molecule has 0 radical (unpaired) electrons. The summed E-state index contributed by atoms with van der Waals surface area (Å²) in [5, 5.41) is 0. The number of likely N-dealkylation sites (N-methyl/N-ethyl adjacent to an activating group) is 1. The Morgan fingerprint density at radius 3 is 2.68 bits per heavy atom. The predicted octanol–water partition coefficient (Wildman–Crippen LogP) is 2.03. The normalized spacial score (nSPS) is 21.5. The summed E-state index contributed by atoms with van der Waals surface area (Å²) in [4.78, 5) is 20.8. The van der Waals surface area contributed by atoms with Gasteiger partial charge in [0.25, 0.3) is 0 Å². The number of hydrogen-bond donors (Lipinski definition) is 0. The Balaban J connectivity index is 1.58. The highest BCUT2D eigenvalue weighted by atomic mass is 32.2. The monoisotopic (exact) mass is 363 g/mol. The fourth-order valence-corrected chi connectivity index (χ4v) is 4.62. The van der Waals surface area contributed by atoms with Crippen LogP contribution in [0.25, 0.3) is 0 Å². The van der Waals surface area contributed by atoms with Crippen molar-refractivity contribution in [2.75, 3.05) is 59.7 Å². The van der Waals surface area contributed by atoms with Crippen molar-refractivity contribution in [2.24, 2.45) is 0 Å². The average Bonchev–Trinajstić information content (AvgIpc) is 2.64. The third-order valence-electron chi connectivity index (χ3n) is 5.67. The number of carbonyl (C=O) groups excluding carboxylic acids is 1. The summed E-state index contributed by atoms with van der Waals surface area (Å²) in [6.07, 6.45) is 2.29. The Morgan fingerprint density at radius 2 is 1.96 bits per heavy atom. The molecule has 2 fully saturated rings. The zero-order chi connectivity index (χ0) is 17.9. The number of benzene rings is 1. The van der Waals surface area contributed by atoms with E-state index in [2.05, 4.69) is 28.8 Å². The lowest BCUT2D eigenvalue weighted by atomic mass is 9.84. The van der Waals surface area contributed by atoms with E-state index < -0.39 is 0 Å². The fourth-order valence-electron chi connectivity index (χ4n) is 3.78. The molecule has 2 heterocycles. The van der Waals surface area contributed by atoms with Gasteiger partial charge in [0.15, 0.2) is 0 Å². The molecule has 0 atom stereocenters. The number of ether oxygens (including phenoxy) is 1. The maximum atomic E-state index is 12.8. The van der Waals surface area contributed by atoms with E-state index in [1.807, 2.05) is 24.3 Å². The Kier molecular flexibility index (Phi) is 5.92. The van der Waals surface area contributed by atoms with Gasteiger partial charge >= 0.3 is 0 Å². The second-order valence-corrected chi connectivity index (χ2v) is 8.28. The Bertz CT molecular complexity index is 602. The SMILES string of the molecule is COc1cccc(SCC(=O)N2CCN(C)C3(CCN(C)CC3)C2)c1. The van der Waals surface area contributed by atoms with Crippen LogP contribution >= 0.6 is 11.8 Å². The van der Waals surface area contributed by atoms with Gasteiger partial charge in [-0.15, -0.1) is 11.8 Å². The molecule has 1 aromatic carbocycles. The lowest BCUT2D eigenvalue weighted by Crippen LogP contribution is -2.65. The first-order valence-electron chi connectivity index (χ1n) is 8.97. The Morgan fingerprint density at radius 1 is 1.20 bits per heavy atom. The molecule has 138 valence electrons. The van der Waals surface area contributed by atoms with Crippen LogP contribution in [0.15, 0.2) is 29.2 Å². The van der Waals surface area contributed by atoms with Gasteiger partial charge in [-0.2, -0.15) is 0 Å². The minimum absolute atomic E-state index is 0.168. The standard InChI is InChI=1S/C19H29N3O2S/c1-20-9-7-19(8-10-20)15-22(12-11-21(19)2)18(23)14-25-17-6-4-5-16(13-17)24-3/h4-6,13H,7-12,14-15H2,1-3H3. The van der Waals surface area contributed by atoms with Crippen LogP contribution in [0, 0.1) is 0 Å². The molecule has 0 saturated carbocycles. The first-order chi connectivity index (χ1) is 12.0. The largest absolute Gasteiger partial charge is 0.497 e. The average molecular weight is 364 g/mol. The number of thioether (sulfide) groups is 1. The highest BCUT2D eigenvalue weighted by Gasteiger charge is 2.42. The van der Waals surface area contributed by atoms with E-state index in [4.69, 9.17) is 4.74 Å². The maximum absolute atomic E-state index is 12.8. The summed E-state index contributed by atoms with van der Waals surface area (Å²) >= 11 is 1.59. The highest BCUT2D eigenvalue weighted by molar-refractivity contribution is 8.00. The number of likely N-dealkylation sites (tertiary alicyclic amines) is 1. The molecule has 6 heteroatoms. The summed E-state index contributed by atoms with van der Waals surface area (Å²) in [6, 6.07) is 7.91. The molecule has 5 nitrogen and oxygen atoms in total. The third kappa shape index (κ3) is 4.30. The van der Waals surface area contributed by atoms with E-state index in [1.165, 1.54) is 0 Å². The zero-order valence-electron chi connectivity index (χ0n) is 15.5. The highest BCUT2D eigenvalue weighted by Crippen LogP contribution is 2.32. The van der Waals surface area contributed by atoms with Crippen molar-refractivity contribution in [3.8, 4) is 5.75 Å². The topological polar surface area (TPSA) is 36.0 Å². The summed E-state index contributed by atoms with van der Waals surface area (Å²) in [6.45, 7) is 4.91. The van der Waals surface area contributed by atoms with Crippen molar-refractivity contribution in [2.45, 2.75) is 23.3 Å². The molecule has 2 aliphatic heterocycles. The number of piperidine rings is 1. The summed E-state index contributed by atoms with van der Waals surface area (Å²) in [5.41, 5.74) is 0.168. The van der Waals surface area contributed by atoms with Crippen LogP contribution in [-0.4, -0.2) is 85.8 Å². The number of amides is 1. The molecule has 2 saturated heterocycles. The van der Waals surface area contributed by atoms with E-state index in [9.17, 15) is 4.79 Å². The smallest absolute Gasteiger partial charge is 0.233 e. The molecule has 0 bridgehead atoms. The van der Waals surface area contributed by atoms with Crippen LogP contribution in [0.1, 0.15) is 12.8 Å². The second kappa shape index (κ2) is 7.98. The van der Waals surface area contributed by atoms with Crippen molar-refractivity contribution in [1.82, 2.24) is 14.7 Å². The number of hydrogen-bond acceptors (Lipinski definition) is 5. The Hall–Kier alpha value is -1.24. The van der Waals surface area contributed by atoms with Gasteiger partial charge in [-0.25, -0.2) is 0 Å². The van der Waals surface area contributed by atoms with Gasteiger partial charge in [0.05, 0.1) is 12.9 Å². The van der Waals surface area contributed by atoms with E-state index in [0.717, 1.165) is 56.2 Å². The van der Waals surface area contributed by atoms with Crippen molar-refractivity contribution in [3.63, 3.8) is 0 Å². The molecule has 0 aromatic heterocycles. The quantitative estimate of drug-likeness (QED) is 0.765. The molecule has 0 N–H and O–H groups in total. The number of piperazine rings is 1. The molecule has 0 unspecified atom stereocenters. The summed E-state index contributed by atoms with van der Waals surface area (Å²) < 4.78 is 5.26. The van der Waals surface area contributed by atoms with Gasteiger partial charge in [-0.1, -0.05) is 6.07 Å². The molecule has 1 amide bonds. The summed E-state index contributed by atoms with van der Waals surface area (Å²) in [7, 11) is 6.07. The number of nitrogens with zero attached hydrogens (tertiary/aromatic N) is 3. The number of rotatable bonds is 4. The minimum atomic E-state index is 0.168. The first-order valence-corrected chi connectivity index (χ1v) is 9.95. The molecular weight excluding hydrogens is 334 g/mol. The van der Waals surface area contributed by atoms with Crippen molar-refractivity contribution in [3.05, 3.63) is 24.3 Å². The first kappa shape index (κ1) is 18.5. The van der Waals surface area contributed by atoms with Gasteiger partial charge in [0, 0.05) is 30.1 Å². The van der Waals surface area contributed by atoms with Gasteiger partial charge in [0.2, 0.25) is 5.91 Å². The van der Waals surface area contributed by atoms with E-state index in [1.54, 1.807) is 18.9 Å². The van der Waals surface area contributed by atoms with Gasteiger partial charge in [0.1, 0.15) is 5.75 Å². The Labute approximate surface area is 155 Å². The van der Waals surface area contributed by atoms with E-state index >= 15 is 0 Å². The number of carbonyl (C=O) groups is 1. The third-order valence-corrected chi connectivity index (χ3v) is 6.65. The fraction of sp³-hybridized carbons (Fsp3) is 0.632. The van der Waals surface area contributed by atoms with Crippen LogP contribution in [-0.2, 0) is 4.79 Å². The maximum Gasteiger partial charge on any atom is 0.233 e. The molecule has 2 aliphatic rings. The van der Waals surface area contributed by atoms with Gasteiger partial charge in [-0.05, 0) is 58.2 Å². The van der Waals surface area contributed by atoms with Crippen LogP contribution in [0.4, 0.5) is 0 Å². The second-order valence-electron chi connectivity index (χ2n) is 7.23. The van der Waals surface area contributed by atoms with Gasteiger partial charge < -0.3 is 14.5 Å². The van der Waals surface area contributed by atoms with Gasteiger partial charge in [-0.3, -0.25) is 9.69 Å². The number of methoxy groups -OCH3 is 1. The molecule has 1 spiro atoms. The molecular formula is C19H29N3O2S. The van der Waals surface area contributed by atoms with Crippen LogP contribution in [0.5, 0.6) is 5.75 Å². The van der Waals surface area contributed by atoms with E-state index in [-0.39, 0.29) is 11.4 Å². The van der Waals surface area contributed by atoms with Crippen LogP contribution in [0.2, 0.25) is 0 Å². The minimum Gasteiger partial charge on any atom is -0.497 e. The molecule has 1 aromatic rings. The van der Waals surface area contributed by atoms with Crippen LogP contribution < -0.4 is 4.74 Å². The molecule has 3 rings (SSSR count). The molecule has 25 heavy (non-hydrogen) atoms. The lowest BCUT2D eigenvalue weighted by molar-refractivity contribution is -0.135. The molecule has 0 aliphatic carbocycles. The summed E-state index contributed by atoms with van der Waals surface area (Å²) in [5.74, 6) is 1.58. The lowest BCUT2D eigenvalue weighted by Gasteiger charge is -2.52.